The van der Waals surface area contributed by atoms with Gasteiger partial charge in [0.2, 0.25) is 6.41 Å². The maximum atomic E-state index is 13.1. The van der Waals surface area contributed by atoms with E-state index in [4.69, 9.17) is 16.7 Å². The molecule has 1 amide bonds. The lowest BCUT2D eigenvalue weighted by atomic mass is 10.1. The van der Waals surface area contributed by atoms with Crippen molar-refractivity contribution in [1.82, 2.24) is 4.90 Å². The summed E-state index contributed by atoms with van der Waals surface area (Å²) < 4.78 is 13.1. The van der Waals surface area contributed by atoms with Gasteiger partial charge in [0.1, 0.15) is 5.82 Å². The van der Waals surface area contributed by atoms with E-state index in [9.17, 15) is 14.0 Å². The van der Waals surface area contributed by atoms with Crippen LogP contribution in [-0.2, 0) is 9.59 Å². The monoisotopic (exact) mass is 259 g/mol. The summed E-state index contributed by atoms with van der Waals surface area (Å²) in [6, 6.07) is 2.22. The third-order valence-corrected chi connectivity index (χ3v) is 2.48. The minimum Gasteiger partial charge on any atom is -0.479 e. The first kappa shape index (κ1) is 13.4. The van der Waals surface area contributed by atoms with Crippen LogP contribution in [0.25, 0.3) is 0 Å². The Balaban J connectivity index is 3.22. The number of nitrogens with zero attached hydrogens (tertiary/aromatic N) is 1. The highest BCUT2D eigenvalue weighted by molar-refractivity contribution is 6.30. The third-order valence-electron chi connectivity index (χ3n) is 2.27. The van der Waals surface area contributed by atoms with Gasteiger partial charge in [0.05, 0.1) is 0 Å². The summed E-state index contributed by atoms with van der Waals surface area (Å²) in [4.78, 5) is 22.9. The molecular weight excluding hydrogens is 249 g/mol. The molecule has 0 bridgehead atoms. The van der Waals surface area contributed by atoms with Crippen LogP contribution in [0.1, 0.15) is 18.5 Å². The number of amides is 1. The third kappa shape index (κ3) is 3.17. The largest absolute Gasteiger partial charge is 0.479 e. The summed E-state index contributed by atoms with van der Waals surface area (Å²) in [6.45, 7) is 1.83. The maximum absolute atomic E-state index is 13.1. The number of carbonyl (C=O) groups is 2. The first-order valence-electron chi connectivity index (χ1n) is 4.89. The predicted octanol–water partition coefficient (Wildman–Crippen LogP) is 2.08. The number of likely N-dealkylation sites (N-methyl/N-ethyl adjacent to an activating group) is 1. The highest BCUT2D eigenvalue weighted by Gasteiger charge is 2.26. The van der Waals surface area contributed by atoms with Gasteiger partial charge in [-0.3, -0.25) is 4.79 Å². The summed E-state index contributed by atoms with van der Waals surface area (Å²) >= 11 is 5.65. The normalized spacial score (nSPS) is 11.9. The zero-order valence-corrected chi connectivity index (χ0v) is 9.82. The maximum Gasteiger partial charge on any atom is 0.331 e. The van der Waals surface area contributed by atoms with Gasteiger partial charge in [0, 0.05) is 11.6 Å². The second-order valence-corrected chi connectivity index (χ2v) is 3.82. The number of carboxylic acid groups (broad SMARTS) is 1. The van der Waals surface area contributed by atoms with Crippen molar-refractivity contribution in [3.05, 3.63) is 34.6 Å². The van der Waals surface area contributed by atoms with Gasteiger partial charge in [-0.2, -0.15) is 0 Å². The topological polar surface area (TPSA) is 57.6 Å². The van der Waals surface area contributed by atoms with Crippen molar-refractivity contribution in [2.45, 2.75) is 13.0 Å². The van der Waals surface area contributed by atoms with Crippen LogP contribution in [0.5, 0.6) is 0 Å². The molecule has 17 heavy (non-hydrogen) atoms. The van der Waals surface area contributed by atoms with Crippen LogP contribution < -0.4 is 0 Å². The molecule has 0 aliphatic rings. The van der Waals surface area contributed by atoms with Crippen molar-refractivity contribution in [3.8, 4) is 0 Å². The van der Waals surface area contributed by atoms with Crippen LogP contribution >= 0.6 is 11.6 Å². The Kier molecular flexibility index (Phi) is 4.45. The van der Waals surface area contributed by atoms with Gasteiger partial charge in [0.15, 0.2) is 6.04 Å². The van der Waals surface area contributed by atoms with Crippen LogP contribution in [0.15, 0.2) is 18.2 Å². The molecule has 1 atom stereocenters. The molecule has 1 unspecified atom stereocenters. The molecule has 0 aliphatic heterocycles. The fourth-order valence-electron chi connectivity index (χ4n) is 1.53. The lowest BCUT2D eigenvalue weighted by Crippen LogP contribution is -2.33. The molecule has 0 fully saturated rings. The number of hydrogen-bond donors (Lipinski definition) is 1. The number of carboxylic acids is 1. The van der Waals surface area contributed by atoms with Crippen molar-refractivity contribution in [2.24, 2.45) is 0 Å². The number of aliphatic carboxylic acids is 1. The summed E-state index contributed by atoms with van der Waals surface area (Å²) in [5, 5.41) is 9.17. The fourth-order valence-corrected chi connectivity index (χ4v) is 1.76. The average Bonchev–Trinajstić information content (AvgIpc) is 2.23. The van der Waals surface area contributed by atoms with Crippen LogP contribution in [0.2, 0.25) is 5.02 Å². The number of benzene rings is 1. The Morgan fingerprint density at radius 3 is 2.65 bits per heavy atom. The van der Waals surface area contributed by atoms with E-state index in [2.05, 4.69) is 0 Å². The van der Waals surface area contributed by atoms with Crippen molar-refractivity contribution >= 4 is 24.0 Å². The average molecular weight is 260 g/mol. The minimum atomic E-state index is -1.24. The van der Waals surface area contributed by atoms with E-state index in [1.807, 2.05) is 0 Å². The van der Waals surface area contributed by atoms with Gasteiger partial charge in [0.25, 0.3) is 0 Å². The number of rotatable bonds is 5. The second-order valence-electron chi connectivity index (χ2n) is 3.38. The Hall–Kier alpha value is -1.62. The van der Waals surface area contributed by atoms with Crippen molar-refractivity contribution in [3.63, 3.8) is 0 Å². The fraction of sp³-hybridized carbons (Fsp3) is 0.273. The molecule has 0 aromatic heterocycles. The smallest absolute Gasteiger partial charge is 0.331 e. The van der Waals surface area contributed by atoms with Gasteiger partial charge in [-0.1, -0.05) is 11.6 Å². The molecule has 1 N–H and O–H groups in total. The standard InChI is InChI=1S/C11H11ClFNO3/c1-2-14(6-15)10(11(16)17)7-3-8(12)5-9(13)4-7/h3-6,10H,2H2,1H3,(H,16,17). The molecule has 0 aliphatic carbocycles. The number of hydrogen-bond acceptors (Lipinski definition) is 2. The number of carbonyl (C=O) groups excluding carboxylic acids is 1. The summed E-state index contributed by atoms with van der Waals surface area (Å²) in [7, 11) is 0. The van der Waals surface area contributed by atoms with Gasteiger partial charge in [-0.15, -0.1) is 0 Å². The molecule has 92 valence electrons. The molecule has 1 aromatic rings. The summed E-state index contributed by atoms with van der Waals surface area (Å²) in [6.07, 6.45) is 0.414. The molecule has 0 saturated carbocycles. The molecule has 0 spiro atoms. The van der Waals surface area contributed by atoms with E-state index >= 15 is 0 Å². The minimum absolute atomic E-state index is 0.0909. The number of halogens is 2. The van der Waals surface area contributed by atoms with E-state index in [0.29, 0.717) is 6.41 Å². The Labute approximate surface area is 103 Å². The highest BCUT2D eigenvalue weighted by atomic mass is 35.5. The van der Waals surface area contributed by atoms with Crippen LogP contribution in [-0.4, -0.2) is 28.9 Å². The molecule has 1 aromatic carbocycles. The van der Waals surface area contributed by atoms with Gasteiger partial charge in [-0.05, 0) is 30.7 Å². The van der Waals surface area contributed by atoms with E-state index in [1.54, 1.807) is 6.92 Å². The van der Waals surface area contributed by atoms with E-state index < -0.39 is 17.8 Å². The van der Waals surface area contributed by atoms with Crippen molar-refractivity contribution in [1.29, 1.82) is 0 Å². The lowest BCUT2D eigenvalue weighted by molar-refractivity contribution is -0.146. The van der Waals surface area contributed by atoms with Crippen molar-refractivity contribution < 1.29 is 19.1 Å². The molecule has 0 saturated heterocycles. The summed E-state index contributed by atoms with van der Waals surface area (Å²) in [5.74, 6) is -1.87. The second kappa shape index (κ2) is 5.63. The molecule has 0 heterocycles. The van der Waals surface area contributed by atoms with Gasteiger partial charge >= 0.3 is 5.97 Å². The quantitative estimate of drug-likeness (QED) is 0.824. The van der Waals surface area contributed by atoms with Crippen LogP contribution in [0, 0.1) is 5.82 Å². The predicted molar refractivity (Wildman–Crippen MR) is 60.2 cm³/mol. The zero-order valence-electron chi connectivity index (χ0n) is 9.06. The van der Waals surface area contributed by atoms with E-state index in [0.717, 1.165) is 17.0 Å². The summed E-state index contributed by atoms with van der Waals surface area (Å²) in [5.41, 5.74) is 0.136. The van der Waals surface area contributed by atoms with Gasteiger partial charge in [-0.25, -0.2) is 9.18 Å². The molecular formula is C11H11ClFNO3. The lowest BCUT2D eigenvalue weighted by Gasteiger charge is -2.23. The van der Waals surface area contributed by atoms with Crippen LogP contribution in [0.4, 0.5) is 4.39 Å². The van der Waals surface area contributed by atoms with Gasteiger partial charge < -0.3 is 10.0 Å². The Morgan fingerprint density at radius 2 is 2.24 bits per heavy atom. The first-order chi connectivity index (χ1) is 7.99. The van der Waals surface area contributed by atoms with E-state index in [-0.39, 0.29) is 17.1 Å². The highest BCUT2D eigenvalue weighted by Crippen LogP contribution is 2.24. The molecule has 4 nitrogen and oxygen atoms in total. The zero-order chi connectivity index (χ0) is 13.0. The van der Waals surface area contributed by atoms with Crippen molar-refractivity contribution in [2.75, 3.05) is 6.54 Å². The SMILES string of the molecule is CCN(C=O)C(C(=O)O)c1cc(F)cc(Cl)c1. The molecule has 6 heteroatoms. The molecule has 0 radical (unpaired) electrons. The molecule has 1 rings (SSSR count). The Bertz CT molecular complexity index is 418. The first-order valence-corrected chi connectivity index (χ1v) is 5.27. The van der Waals surface area contributed by atoms with E-state index in [1.165, 1.54) is 6.07 Å². The Morgan fingerprint density at radius 1 is 1.59 bits per heavy atom. The van der Waals surface area contributed by atoms with Crippen LogP contribution in [0.3, 0.4) is 0 Å².